The third kappa shape index (κ3) is 4.11. The molecule has 1 saturated heterocycles. The van der Waals surface area contributed by atoms with Crippen molar-refractivity contribution in [3.63, 3.8) is 0 Å². The van der Waals surface area contributed by atoms with Crippen molar-refractivity contribution in [3.8, 4) is 17.2 Å². The molecule has 0 aliphatic carbocycles. The molecule has 4 N–H and O–H groups in total. The zero-order valence-corrected chi connectivity index (χ0v) is 16.2. The highest BCUT2D eigenvalue weighted by Crippen LogP contribution is 2.37. The number of carbonyl (C=O) groups is 1. The Morgan fingerprint density at radius 3 is 2.55 bits per heavy atom. The lowest BCUT2D eigenvalue weighted by molar-refractivity contribution is 0.0597. The molecule has 2 aliphatic heterocycles. The maximum atomic E-state index is 11.8. The van der Waals surface area contributed by atoms with E-state index in [1.807, 2.05) is 0 Å². The van der Waals surface area contributed by atoms with Gasteiger partial charge in [0.05, 0.1) is 13.1 Å². The summed E-state index contributed by atoms with van der Waals surface area (Å²) in [5.74, 6) is -0.357. The molecule has 1 fully saturated rings. The van der Waals surface area contributed by atoms with Crippen LogP contribution in [0.2, 0.25) is 6.32 Å². The van der Waals surface area contributed by atoms with Crippen molar-refractivity contribution in [2.24, 2.45) is 0 Å². The summed E-state index contributed by atoms with van der Waals surface area (Å²) in [7, 11) is -1.02. The number of aromatic carboxylic acids is 1. The highest BCUT2D eigenvalue weighted by Gasteiger charge is 2.34. The SMILES string of the molecule is Cl.N=C(c1ccc(O)cc1)N1CC(Oc2ccc3c(c2C(=O)O)OB(O)CC3)C1. The number of aryl methyl sites for hydroxylation is 1. The van der Waals surface area contributed by atoms with Crippen molar-refractivity contribution in [2.45, 2.75) is 18.8 Å². The molecule has 0 unspecified atom stereocenters. The molecule has 4 rings (SSSR count). The Balaban J connectivity index is 0.00000240. The normalized spacial score (nSPS) is 15.5. The van der Waals surface area contributed by atoms with Crippen molar-refractivity contribution in [1.29, 1.82) is 5.41 Å². The summed E-state index contributed by atoms with van der Waals surface area (Å²) < 4.78 is 11.2. The predicted molar refractivity (Wildman–Crippen MR) is 109 cm³/mol. The third-order valence-corrected chi connectivity index (χ3v) is 4.93. The molecule has 0 saturated carbocycles. The highest BCUT2D eigenvalue weighted by atomic mass is 35.5. The fraction of sp³-hybridized carbons (Fsp3) is 0.263. The Morgan fingerprint density at radius 1 is 1.21 bits per heavy atom. The second-order valence-electron chi connectivity index (χ2n) is 6.88. The van der Waals surface area contributed by atoms with Gasteiger partial charge in [0.25, 0.3) is 0 Å². The zero-order chi connectivity index (χ0) is 19.8. The standard InChI is InChI=1S/C19H19BN2O6.ClH/c21-18(12-1-4-13(23)5-2-12)22-9-14(10-22)27-15-6-3-11-7-8-20(26)28-17(11)16(15)19(24)25;/h1-6,14,21,23,26H,7-10H2,(H,24,25);1H. The lowest BCUT2D eigenvalue weighted by Crippen LogP contribution is -2.56. The van der Waals surface area contributed by atoms with E-state index in [4.69, 9.17) is 14.8 Å². The van der Waals surface area contributed by atoms with E-state index in [2.05, 4.69) is 0 Å². The molecule has 2 heterocycles. The van der Waals surface area contributed by atoms with E-state index in [0.717, 1.165) is 5.56 Å². The summed E-state index contributed by atoms with van der Waals surface area (Å²) in [4.78, 5) is 13.6. The second-order valence-corrected chi connectivity index (χ2v) is 6.88. The number of carboxylic acid groups (broad SMARTS) is 1. The van der Waals surface area contributed by atoms with Gasteiger partial charge in [-0.2, -0.15) is 0 Å². The number of benzene rings is 2. The molecule has 2 aromatic carbocycles. The Hall–Kier alpha value is -2.91. The smallest absolute Gasteiger partial charge is 0.522 e. The van der Waals surface area contributed by atoms with Crippen LogP contribution in [-0.4, -0.2) is 58.3 Å². The summed E-state index contributed by atoms with van der Waals surface area (Å²) in [6.07, 6.45) is 0.698. The number of phenolic OH excluding ortho intramolecular Hbond substituents is 1. The number of halogens is 1. The maximum absolute atomic E-state index is 11.8. The monoisotopic (exact) mass is 418 g/mol. The number of nitrogens with zero attached hydrogens (tertiary/aromatic N) is 1. The van der Waals surface area contributed by atoms with Crippen LogP contribution >= 0.6 is 12.4 Å². The van der Waals surface area contributed by atoms with Gasteiger partial charge in [-0.3, -0.25) is 5.41 Å². The van der Waals surface area contributed by atoms with Gasteiger partial charge < -0.3 is 29.5 Å². The molecule has 2 aromatic rings. The number of carboxylic acids is 1. The fourth-order valence-corrected chi connectivity index (χ4v) is 3.39. The number of hydrogen-bond acceptors (Lipinski definition) is 6. The van der Waals surface area contributed by atoms with Crippen molar-refractivity contribution < 1.29 is 29.4 Å². The number of rotatable bonds is 4. The van der Waals surface area contributed by atoms with Crippen LogP contribution in [0.3, 0.4) is 0 Å². The van der Waals surface area contributed by atoms with Crippen LogP contribution in [0.5, 0.6) is 17.2 Å². The molecule has 0 aromatic heterocycles. The first-order chi connectivity index (χ1) is 13.4. The van der Waals surface area contributed by atoms with Gasteiger partial charge in [-0.25, -0.2) is 4.79 Å². The Kier molecular flexibility index (Phi) is 5.90. The van der Waals surface area contributed by atoms with Crippen molar-refractivity contribution >= 4 is 31.3 Å². The average Bonchev–Trinajstić information content (AvgIpc) is 2.63. The van der Waals surface area contributed by atoms with Crippen LogP contribution in [-0.2, 0) is 6.42 Å². The molecule has 0 bridgehead atoms. The first-order valence-corrected chi connectivity index (χ1v) is 8.96. The van der Waals surface area contributed by atoms with Crippen LogP contribution in [0.15, 0.2) is 36.4 Å². The molecule has 0 radical (unpaired) electrons. The third-order valence-electron chi connectivity index (χ3n) is 4.93. The molecule has 152 valence electrons. The molecule has 2 aliphatic rings. The minimum absolute atomic E-state index is 0. The largest absolute Gasteiger partial charge is 0.535 e. The lowest BCUT2D eigenvalue weighted by Gasteiger charge is -2.41. The summed E-state index contributed by atoms with van der Waals surface area (Å²) in [6, 6.07) is 9.77. The van der Waals surface area contributed by atoms with Gasteiger partial charge in [0.1, 0.15) is 34.8 Å². The molecule has 29 heavy (non-hydrogen) atoms. The van der Waals surface area contributed by atoms with E-state index >= 15 is 0 Å². The van der Waals surface area contributed by atoms with Gasteiger partial charge in [0, 0.05) is 5.56 Å². The van der Waals surface area contributed by atoms with Crippen molar-refractivity contribution in [3.05, 3.63) is 53.1 Å². The van der Waals surface area contributed by atoms with Crippen molar-refractivity contribution in [2.75, 3.05) is 13.1 Å². The first kappa shape index (κ1) is 20.8. The number of phenols is 1. The van der Waals surface area contributed by atoms with Crippen LogP contribution in [0, 0.1) is 5.41 Å². The van der Waals surface area contributed by atoms with Gasteiger partial charge in [-0.05, 0) is 48.6 Å². The van der Waals surface area contributed by atoms with E-state index in [9.17, 15) is 20.0 Å². The van der Waals surface area contributed by atoms with Gasteiger partial charge in [0.2, 0.25) is 0 Å². The number of fused-ring (bicyclic) bond motifs is 1. The predicted octanol–water partition coefficient (Wildman–Crippen LogP) is 2.02. The number of ether oxygens (including phenoxy) is 1. The minimum atomic E-state index is -1.17. The van der Waals surface area contributed by atoms with E-state index in [-0.39, 0.29) is 41.3 Å². The summed E-state index contributed by atoms with van der Waals surface area (Å²) in [5, 5.41) is 36.9. The molecule has 0 amide bonds. The summed E-state index contributed by atoms with van der Waals surface area (Å²) in [5.41, 5.74) is 1.33. The molecule has 10 heteroatoms. The number of nitrogens with one attached hydrogen (secondary N) is 1. The molecule has 8 nitrogen and oxygen atoms in total. The van der Waals surface area contributed by atoms with Gasteiger partial charge in [-0.15, -0.1) is 12.4 Å². The Labute approximate surface area is 173 Å². The van der Waals surface area contributed by atoms with Gasteiger partial charge in [0.15, 0.2) is 0 Å². The number of aromatic hydroxyl groups is 1. The first-order valence-electron chi connectivity index (χ1n) is 8.96. The maximum Gasteiger partial charge on any atom is 0.522 e. The van der Waals surface area contributed by atoms with E-state index in [0.29, 0.717) is 37.2 Å². The molecular formula is C19H20BClN2O6. The van der Waals surface area contributed by atoms with Crippen LogP contribution < -0.4 is 9.39 Å². The zero-order valence-electron chi connectivity index (χ0n) is 15.4. The quantitative estimate of drug-likeness (QED) is 0.340. The highest BCUT2D eigenvalue weighted by molar-refractivity contribution is 6.44. The average molecular weight is 419 g/mol. The molecule has 0 spiro atoms. The van der Waals surface area contributed by atoms with Gasteiger partial charge in [-0.1, -0.05) is 6.07 Å². The Bertz CT molecular complexity index is 933. The van der Waals surface area contributed by atoms with Crippen LogP contribution in [0.25, 0.3) is 0 Å². The van der Waals surface area contributed by atoms with E-state index < -0.39 is 13.1 Å². The van der Waals surface area contributed by atoms with E-state index in [1.165, 1.54) is 12.1 Å². The fourth-order valence-electron chi connectivity index (χ4n) is 3.39. The van der Waals surface area contributed by atoms with Crippen molar-refractivity contribution in [1.82, 2.24) is 4.90 Å². The van der Waals surface area contributed by atoms with Gasteiger partial charge >= 0.3 is 13.1 Å². The number of hydrogen-bond donors (Lipinski definition) is 4. The minimum Gasteiger partial charge on any atom is -0.535 e. The number of likely N-dealkylation sites (tertiary alicyclic amines) is 1. The molecule has 0 atom stereocenters. The number of amidine groups is 1. The molecular weight excluding hydrogens is 398 g/mol. The van der Waals surface area contributed by atoms with Crippen LogP contribution in [0.4, 0.5) is 0 Å². The van der Waals surface area contributed by atoms with Crippen LogP contribution in [0.1, 0.15) is 21.5 Å². The second kappa shape index (κ2) is 8.22. The van der Waals surface area contributed by atoms with E-state index in [1.54, 1.807) is 29.2 Å². The summed E-state index contributed by atoms with van der Waals surface area (Å²) in [6.45, 7) is 0.888. The topological polar surface area (TPSA) is 123 Å². The summed E-state index contributed by atoms with van der Waals surface area (Å²) >= 11 is 0. The Morgan fingerprint density at radius 2 is 1.90 bits per heavy atom. The lowest BCUT2D eigenvalue weighted by atomic mass is 9.78.